The van der Waals surface area contributed by atoms with Crippen molar-refractivity contribution < 1.29 is 28.6 Å². The minimum Gasteiger partial charge on any atom is -0.497 e. The molecule has 0 aromatic heterocycles. The molecule has 1 heterocycles. The molecule has 0 saturated carbocycles. The SMILES string of the molecule is CCOC(=O)NN(C(=O)OCC)[C@@]1(C)SC(=S)N(c2ccc(OC)cc2)C1=O. The van der Waals surface area contributed by atoms with Crippen LogP contribution in [0.25, 0.3) is 0 Å². The molecule has 0 radical (unpaired) electrons. The Labute approximate surface area is 172 Å². The van der Waals surface area contributed by atoms with Crippen LogP contribution in [0.15, 0.2) is 24.3 Å². The van der Waals surface area contributed by atoms with E-state index in [9.17, 15) is 14.4 Å². The van der Waals surface area contributed by atoms with Crippen molar-refractivity contribution in [3.05, 3.63) is 24.3 Å². The zero-order valence-electron chi connectivity index (χ0n) is 15.9. The van der Waals surface area contributed by atoms with Crippen molar-refractivity contribution >= 4 is 52.1 Å². The molecule has 1 aliphatic heterocycles. The van der Waals surface area contributed by atoms with Crippen molar-refractivity contribution in [2.45, 2.75) is 25.6 Å². The Morgan fingerprint density at radius 1 is 1.21 bits per heavy atom. The normalized spacial score (nSPS) is 18.6. The number of nitrogens with one attached hydrogen (secondary N) is 1. The van der Waals surface area contributed by atoms with Gasteiger partial charge in [0.1, 0.15) is 5.75 Å². The van der Waals surface area contributed by atoms with E-state index in [4.69, 9.17) is 26.4 Å². The maximum absolute atomic E-state index is 13.2. The Hall–Kier alpha value is -2.53. The third-order valence-electron chi connectivity index (χ3n) is 3.75. The predicted octanol–water partition coefficient (Wildman–Crippen LogP) is 2.90. The lowest BCUT2D eigenvalue weighted by molar-refractivity contribution is -0.123. The molecule has 0 spiro atoms. The second kappa shape index (κ2) is 9.11. The average Bonchev–Trinajstić information content (AvgIpc) is 2.89. The van der Waals surface area contributed by atoms with Crippen LogP contribution in [-0.4, -0.2) is 52.6 Å². The van der Waals surface area contributed by atoms with Gasteiger partial charge in [0, 0.05) is 0 Å². The number of thioether (sulfide) groups is 1. The molecule has 1 aliphatic rings. The Morgan fingerprint density at radius 2 is 1.82 bits per heavy atom. The van der Waals surface area contributed by atoms with E-state index in [2.05, 4.69) is 5.43 Å². The van der Waals surface area contributed by atoms with Crippen LogP contribution in [-0.2, 0) is 14.3 Å². The van der Waals surface area contributed by atoms with Crippen LogP contribution in [0.5, 0.6) is 5.75 Å². The summed E-state index contributed by atoms with van der Waals surface area (Å²) in [5.74, 6) is 0.103. The summed E-state index contributed by atoms with van der Waals surface area (Å²) in [5.41, 5.74) is 2.78. The smallest absolute Gasteiger partial charge is 0.430 e. The Morgan fingerprint density at radius 3 is 2.36 bits per heavy atom. The van der Waals surface area contributed by atoms with E-state index in [1.54, 1.807) is 38.1 Å². The minimum absolute atomic E-state index is 0.0570. The van der Waals surface area contributed by atoms with E-state index in [0.29, 0.717) is 11.4 Å². The fraction of sp³-hybridized carbons (Fsp3) is 0.412. The number of carbonyl (C=O) groups is 3. The molecule has 1 atom stereocenters. The van der Waals surface area contributed by atoms with E-state index in [1.165, 1.54) is 18.9 Å². The summed E-state index contributed by atoms with van der Waals surface area (Å²) < 4.78 is 15.1. The van der Waals surface area contributed by atoms with Crippen molar-refractivity contribution in [3.8, 4) is 5.75 Å². The molecule has 28 heavy (non-hydrogen) atoms. The molecule has 1 aromatic rings. The number of rotatable bonds is 5. The van der Waals surface area contributed by atoms with E-state index in [-0.39, 0.29) is 17.5 Å². The molecule has 11 heteroatoms. The number of anilines is 1. The van der Waals surface area contributed by atoms with Gasteiger partial charge in [0.15, 0.2) is 9.19 Å². The molecule has 3 amide bonds. The molecule has 1 N–H and O–H groups in total. The van der Waals surface area contributed by atoms with Crippen LogP contribution in [0.2, 0.25) is 0 Å². The lowest BCUT2D eigenvalue weighted by Crippen LogP contribution is -2.60. The first-order valence-corrected chi connectivity index (χ1v) is 9.62. The third-order valence-corrected chi connectivity index (χ3v) is 5.30. The van der Waals surface area contributed by atoms with Gasteiger partial charge < -0.3 is 14.2 Å². The van der Waals surface area contributed by atoms with Crippen LogP contribution < -0.4 is 15.1 Å². The molecule has 1 fully saturated rings. The lowest BCUT2D eigenvalue weighted by Gasteiger charge is -2.33. The first-order chi connectivity index (χ1) is 13.3. The largest absolute Gasteiger partial charge is 0.497 e. The monoisotopic (exact) mass is 427 g/mol. The maximum Gasteiger partial charge on any atom is 0.430 e. The van der Waals surface area contributed by atoms with Crippen LogP contribution in [0, 0.1) is 0 Å². The van der Waals surface area contributed by atoms with Crippen molar-refractivity contribution in [2.24, 2.45) is 0 Å². The fourth-order valence-electron chi connectivity index (χ4n) is 2.41. The number of benzene rings is 1. The van der Waals surface area contributed by atoms with Gasteiger partial charge >= 0.3 is 12.2 Å². The summed E-state index contributed by atoms with van der Waals surface area (Å²) in [6, 6.07) is 6.71. The van der Waals surface area contributed by atoms with Gasteiger partial charge in [-0.1, -0.05) is 24.0 Å². The summed E-state index contributed by atoms with van der Waals surface area (Å²) in [6.07, 6.45) is -1.79. The Kier molecular flexibility index (Phi) is 7.08. The standard InChI is InChI=1S/C17H21N3O6S2/c1-5-25-14(22)18-20(15(23)26-6-2)17(3)13(21)19(16(27)28-17)11-7-9-12(24-4)10-8-11/h7-10H,5-6H2,1-4H3,(H,18,22)/t17-/m0/s1. The van der Waals surface area contributed by atoms with Crippen molar-refractivity contribution in [2.75, 3.05) is 25.2 Å². The molecule has 2 rings (SSSR count). The van der Waals surface area contributed by atoms with E-state index < -0.39 is 23.0 Å². The first kappa shape index (κ1) is 21.8. The van der Waals surface area contributed by atoms with Crippen LogP contribution in [0.4, 0.5) is 15.3 Å². The lowest BCUT2D eigenvalue weighted by atomic mass is 10.2. The van der Waals surface area contributed by atoms with E-state index in [0.717, 1.165) is 16.8 Å². The number of ether oxygens (including phenoxy) is 3. The number of hydrazine groups is 1. The minimum atomic E-state index is -1.56. The summed E-state index contributed by atoms with van der Waals surface area (Å²) in [5, 5.41) is 0.803. The highest BCUT2D eigenvalue weighted by molar-refractivity contribution is 8.25. The van der Waals surface area contributed by atoms with Crippen LogP contribution >= 0.6 is 24.0 Å². The van der Waals surface area contributed by atoms with Crippen LogP contribution in [0.1, 0.15) is 20.8 Å². The Bertz CT molecular complexity index is 773. The number of thiocarbonyl (C=S) groups is 1. The van der Waals surface area contributed by atoms with Crippen molar-refractivity contribution in [1.82, 2.24) is 10.4 Å². The van der Waals surface area contributed by atoms with Gasteiger partial charge in [-0.05, 0) is 45.0 Å². The summed E-state index contributed by atoms with van der Waals surface area (Å²) >= 11 is 6.30. The van der Waals surface area contributed by atoms with Gasteiger partial charge in [-0.15, -0.1) is 0 Å². The maximum atomic E-state index is 13.2. The molecular formula is C17H21N3O6S2. The second-order valence-electron chi connectivity index (χ2n) is 5.56. The van der Waals surface area contributed by atoms with Gasteiger partial charge in [0.2, 0.25) is 0 Å². The van der Waals surface area contributed by atoms with Gasteiger partial charge in [0.25, 0.3) is 5.91 Å². The van der Waals surface area contributed by atoms with Gasteiger partial charge in [-0.25, -0.2) is 15.0 Å². The highest BCUT2D eigenvalue weighted by Gasteiger charge is 2.55. The highest BCUT2D eigenvalue weighted by atomic mass is 32.2. The topological polar surface area (TPSA) is 97.4 Å². The Balaban J connectivity index is 2.36. The number of hydrogen-bond acceptors (Lipinski definition) is 8. The molecule has 152 valence electrons. The van der Waals surface area contributed by atoms with Gasteiger partial charge in [-0.3, -0.25) is 9.69 Å². The predicted molar refractivity (Wildman–Crippen MR) is 108 cm³/mol. The summed E-state index contributed by atoms with van der Waals surface area (Å²) in [4.78, 5) is 37.3. The highest BCUT2D eigenvalue weighted by Crippen LogP contribution is 2.42. The summed E-state index contributed by atoms with van der Waals surface area (Å²) in [6.45, 7) is 4.85. The van der Waals surface area contributed by atoms with Gasteiger partial charge in [0.05, 0.1) is 26.0 Å². The molecule has 0 bridgehead atoms. The number of amides is 3. The number of nitrogens with zero attached hydrogens (tertiary/aromatic N) is 2. The number of hydrogen-bond donors (Lipinski definition) is 1. The van der Waals surface area contributed by atoms with Crippen molar-refractivity contribution in [3.63, 3.8) is 0 Å². The van der Waals surface area contributed by atoms with E-state index in [1.807, 2.05) is 0 Å². The molecule has 1 aromatic carbocycles. The third kappa shape index (κ3) is 4.30. The van der Waals surface area contributed by atoms with Gasteiger partial charge in [-0.2, -0.15) is 5.01 Å². The quantitative estimate of drug-likeness (QED) is 0.566. The fourth-order valence-corrected chi connectivity index (χ4v) is 4.10. The first-order valence-electron chi connectivity index (χ1n) is 8.40. The molecule has 0 unspecified atom stereocenters. The summed E-state index contributed by atoms with van der Waals surface area (Å²) in [7, 11) is 1.53. The van der Waals surface area contributed by atoms with Crippen LogP contribution in [0.3, 0.4) is 0 Å². The molecule has 9 nitrogen and oxygen atoms in total. The zero-order chi connectivity index (χ0) is 20.9. The second-order valence-corrected chi connectivity index (χ2v) is 7.59. The van der Waals surface area contributed by atoms with Crippen molar-refractivity contribution in [1.29, 1.82) is 0 Å². The van der Waals surface area contributed by atoms with E-state index >= 15 is 0 Å². The zero-order valence-corrected chi connectivity index (χ0v) is 17.5. The molecule has 0 aliphatic carbocycles. The molecular weight excluding hydrogens is 406 g/mol. The average molecular weight is 428 g/mol. The number of carbonyl (C=O) groups excluding carboxylic acids is 3. The number of methoxy groups -OCH3 is 1. The molecule has 1 saturated heterocycles.